The van der Waals surface area contributed by atoms with Crippen LogP contribution in [0.4, 0.5) is 5.82 Å². The van der Waals surface area contributed by atoms with Crippen LogP contribution in [0.25, 0.3) is 5.65 Å². The summed E-state index contributed by atoms with van der Waals surface area (Å²) in [5.41, 5.74) is 5.71. The quantitative estimate of drug-likeness (QED) is 0.310. The first-order valence-electron chi connectivity index (χ1n) is 6.62. The predicted molar refractivity (Wildman–Crippen MR) is 78.9 cm³/mol. The van der Waals surface area contributed by atoms with E-state index in [1.807, 2.05) is 18.7 Å². The Labute approximate surface area is 121 Å². The molecule has 0 aromatic carbocycles. The van der Waals surface area contributed by atoms with Gasteiger partial charge in [0.2, 0.25) is 0 Å². The van der Waals surface area contributed by atoms with E-state index in [0.29, 0.717) is 30.3 Å². The molecule has 0 bridgehead atoms. The molecule has 0 radical (unpaired) electrons. The number of amidine groups is 1. The van der Waals surface area contributed by atoms with E-state index in [2.05, 4.69) is 20.3 Å². The third-order valence-corrected chi connectivity index (χ3v) is 3.21. The molecule has 0 atom stereocenters. The Kier molecular flexibility index (Phi) is 4.10. The molecule has 0 unspecified atom stereocenters. The van der Waals surface area contributed by atoms with Crippen LogP contribution in [0.15, 0.2) is 16.0 Å². The highest BCUT2D eigenvalue weighted by atomic mass is 16.4. The minimum absolute atomic E-state index is 0.162. The Balaban J connectivity index is 2.38. The van der Waals surface area contributed by atoms with Gasteiger partial charge in [-0.05, 0) is 20.8 Å². The zero-order chi connectivity index (χ0) is 15.6. The number of nitrogens with one attached hydrogen (secondary N) is 1. The average molecular weight is 293 g/mol. The number of H-pyrrole nitrogens is 1. The van der Waals surface area contributed by atoms with Crippen molar-refractivity contribution in [3.8, 4) is 0 Å². The molecule has 9 heteroatoms. The Morgan fingerprint density at radius 3 is 2.95 bits per heavy atom. The van der Waals surface area contributed by atoms with Gasteiger partial charge in [0.1, 0.15) is 17.5 Å². The largest absolute Gasteiger partial charge is 0.409 e. The van der Waals surface area contributed by atoms with E-state index >= 15 is 0 Å². The van der Waals surface area contributed by atoms with Crippen LogP contribution in [0, 0.1) is 6.92 Å². The fourth-order valence-electron chi connectivity index (χ4n) is 2.15. The van der Waals surface area contributed by atoms with Crippen LogP contribution >= 0.6 is 0 Å². The van der Waals surface area contributed by atoms with Crippen LogP contribution in [-0.2, 0) is 0 Å². The van der Waals surface area contributed by atoms with Gasteiger partial charge in [0.05, 0.1) is 0 Å². The molecule has 9 nitrogen and oxygen atoms in total. The molecule has 114 valence electrons. The van der Waals surface area contributed by atoms with Gasteiger partial charge in [-0.25, -0.2) is 19.3 Å². The van der Waals surface area contributed by atoms with Gasteiger partial charge >= 0.3 is 5.69 Å². The lowest BCUT2D eigenvalue weighted by Gasteiger charge is -2.27. The highest BCUT2D eigenvalue weighted by molar-refractivity contribution is 5.80. The number of anilines is 1. The van der Waals surface area contributed by atoms with Crippen LogP contribution in [-0.4, -0.2) is 43.2 Å². The first-order chi connectivity index (χ1) is 9.93. The second-order valence-electron chi connectivity index (χ2n) is 5.01. The minimum atomic E-state index is -0.311. The number of nitrogens with zero attached hydrogens (tertiary/aromatic N) is 5. The third kappa shape index (κ3) is 2.96. The van der Waals surface area contributed by atoms with E-state index in [9.17, 15) is 4.79 Å². The number of aromatic nitrogens is 4. The summed E-state index contributed by atoms with van der Waals surface area (Å²) in [5, 5.41) is 18.0. The molecular formula is C12H19N7O2. The third-order valence-electron chi connectivity index (χ3n) is 3.21. The number of aryl methyl sites for hydroxylation is 1. The monoisotopic (exact) mass is 293 g/mol. The topological polar surface area (TPSA) is 125 Å². The van der Waals surface area contributed by atoms with Crippen molar-refractivity contribution in [2.24, 2.45) is 10.9 Å². The lowest BCUT2D eigenvalue weighted by Crippen LogP contribution is -2.35. The second kappa shape index (κ2) is 5.81. The standard InChI is InChI=1S/C12H19N7O2/c1-7(2)18(5-4-9(13)17-21)10-6-11-15-16-12(20)19(11)8(3)14-10/h6-7,21H,4-5H2,1-3H3,(H2,13,17)(H,16,20). The summed E-state index contributed by atoms with van der Waals surface area (Å²) in [5.74, 6) is 1.41. The van der Waals surface area contributed by atoms with Crippen molar-refractivity contribution in [3.63, 3.8) is 0 Å². The highest BCUT2D eigenvalue weighted by Crippen LogP contribution is 2.16. The average Bonchev–Trinajstić information content (AvgIpc) is 2.80. The van der Waals surface area contributed by atoms with E-state index in [-0.39, 0.29) is 17.6 Å². The molecular weight excluding hydrogens is 274 g/mol. The van der Waals surface area contributed by atoms with Gasteiger partial charge in [-0.3, -0.25) is 0 Å². The van der Waals surface area contributed by atoms with Gasteiger partial charge < -0.3 is 15.8 Å². The van der Waals surface area contributed by atoms with Crippen LogP contribution in [0.3, 0.4) is 0 Å². The summed E-state index contributed by atoms with van der Waals surface area (Å²) in [6.45, 7) is 6.33. The highest BCUT2D eigenvalue weighted by Gasteiger charge is 2.16. The fourth-order valence-corrected chi connectivity index (χ4v) is 2.15. The molecule has 2 aromatic heterocycles. The van der Waals surface area contributed by atoms with Gasteiger partial charge in [0.15, 0.2) is 5.65 Å². The van der Waals surface area contributed by atoms with Crippen molar-refractivity contribution < 1.29 is 5.21 Å². The fraction of sp³-hybridized carbons (Fsp3) is 0.500. The summed E-state index contributed by atoms with van der Waals surface area (Å²) in [6.07, 6.45) is 0.411. The SMILES string of the molecule is Cc1nc(N(CCC(N)=NO)C(C)C)cc2n[nH]c(=O)n12. The predicted octanol–water partition coefficient (Wildman–Crippen LogP) is 0.0773. The molecule has 2 aromatic rings. The number of aromatic amines is 1. The summed E-state index contributed by atoms with van der Waals surface area (Å²) in [7, 11) is 0. The van der Waals surface area contributed by atoms with Gasteiger partial charge in [0, 0.05) is 25.1 Å². The molecule has 0 amide bonds. The lowest BCUT2D eigenvalue weighted by atomic mass is 10.2. The normalized spacial score (nSPS) is 12.3. The Morgan fingerprint density at radius 2 is 2.33 bits per heavy atom. The van der Waals surface area contributed by atoms with E-state index < -0.39 is 0 Å². The number of oxime groups is 1. The molecule has 0 spiro atoms. The summed E-state index contributed by atoms with van der Waals surface area (Å²) < 4.78 is 1.41. The van der Waals surface area contributed by atoms with Gasteiger partial charge in [-0.2, -0.15) is 5.10 Å². The van der Waals surface area contributed by atoms with E-state index in [1.165, 1.54) is 4.40 Å². The minimum Gasteiger partial charge on any atom is -0.409 e. The molecule has 0 aliphatic carbocycles. The number of hydrogen-bond donors (Lipinski definition) is 3. The maximum atomic E-state index is 11.6. The summed E-state index contributed by atoms with van der Waals surface area (Å²) >= 11 is 0. The van der Waals surface area contributed by atoms with Crippen molar-refractivity contribution in [1.29, 1.82) is 0 Å². The lowest BCUT2D eigenvalue weighted by molar-refractivity contribution is 0.317. The van der Waals surface area contributed by atoms with Crippen molar-refractivity contribution >= 4 is 17.3 Å². The molecule has 2 rings (SSSR count). The maximum absolute atomic E-state index is 11.6. The first-order valence-corrected chi connectivity index (χ1v) is 6.62. The number of fused-ring (bicyclic) bond motifs is 1. The van der Waals surface area contributed by atoms with E-state index in [1.54, 1.807) is 13.0 Å². The van der Waals surface area contributed by atoms with Crippen LogP contribution in [0.2, 0.25) is 0 Å². The zero-order valence-corrected chi connectivity index (χ0v) is 12.2. The maximum Gasteiger partial charge on any atom is 0.349 e. The Morgan fingerprint density at radius 1 is 1.62 bits per heavy atom. The molecule has 2 heterocycles. The van der Waals surface area contributed by atoms with Crippen LogP contribution in [0.1, 0.15) is 26.1 Å². The van der Waals surface area contributed by atoms with Gasteiger partial charge in [-0.15, -0.1) is 0 Å². The number of rotatable bonds is 5. The molecule has 0 aliphatic rings. The van der Waals surface area contributed by atoms with E-state index in [0.717, 1.165) is 0 Å². The molecule has 0 fully saturated rings. The smallest absolute Gasteiger partial charge is 0.349 e. The van der Waals surface area contributed by atoms with Crippen molar-refractivity contribution in [1.82, 2.24) is 19.6 Å². The number of hydrogen-bond acceptors (Lipinski definition) is 6. The van der Waals surface area contributed by atoms with E-state index in [4.69, 9.17) is 10.9 Å². The van der Waals surface area contributed by atoms with Crippen LogP contribution < -0.4 is 16.3 Å². The van der Waals surface area contributed by atoms with Crippen molar-refractivity contribution in [2.45, 2.75) is 33.2 Å². The number of nitrogens with two attached hydrogens (primary N) is 1. The molecule has 0 aliphatic heterocycles. The summed E-state index contributed by atoms with van der Waals surface area (Å²) in [6, 6.07) is 1.90. The Bertz CT molecular complexity index is 716. The van der Waals surface area contributed by atoms with Gasteiger partial charge in [0.25, 0.3) is 0 Å². The van der Waals surface area contributed by atoms with Crippen LogP contribution in [0.5, 0.6) is 0 Å². The molecule has 0 saturated heterocycles. The van der Waals surface area contributed by atoms with Crippen molar-refractivity contribution in [3.05, 3.63) is 22.4 Å². The zero-order valence-electron chi connectivity index (χ0n) is 12.2. The molecule has 21 heavy (non-hydrogen) atoms. The first kappa shape index (κ1) is 14.8. The Hall–Kier alpha value is -2.58. The van der Waals surface area contributed by atoms with Crippen molar-refractivity contribution in [2.75, 3.05) is 11.4 Å². The molecule has 4 N–H and O–H groups in total. The summed E-state index contributed by atoms with van der Waals surface area (Å²) in [4.78, 5) is 18.0. The van der Waals surface area contributed by atoms with Gasteiger partial charge in [-0.1, -0.05) is 5.16 Å². The second-order valence-corrected chi connectivity index (χ2v) is 5.01. The molecule has 0 saturated carbocycles.